The van der Waals surface area contributed by atoms with E-state index in [4.69, 9.17) is 10.5 Å². The van der Waals surface area contributed by atoms with E-state index in [2.05, 4.69) is 10.3 Å². The molecule has 4 nitrogen and oxygen atoms in total. The molecule has 0 fully saturated rings. The normalized spacial score (nSPS) is 11.2. The minimum absolute atomic E-state index is 0.356. The van der Waals surface area contributed by atoms with Gasteiger partial charge >= 0.3 is 0 Å². The average Bonchev–Trinajstić information content (AvgIpc) is 2.42. The molecule has 0 aliphatic heterocycles. The maximum absolute atomic E-state index is 5.85. The van der Waals surface area contributed by atoms with E-state index in [1.165, 1.54) is 5.56 Å². The molecule has 2 aromatic rings. The lowest BCUT2D eigenvalue weighted by Crippen LogP contribution is -2.21. The third-order valence-corrected chi connectivity index (χ3v) is 2.65. The number of benzene rings is 2. The van der Waals surface area contributed by atoms with E-state index in [9.17, 15) is 0 Å². The largest absolute Gasteiger partial charge is 0.497 e. The first-order chi connectivity index (χ1) is 9.17. The number of guanidine groups is 1. The molecule has 0 spiro atoms. The lowest BCUT2D eigenvalue weighted by atomic mass is 10.2. The number of ether oxygens (including phenoxy) is 1. The van der Waals surface area contributed by atoms with Gasteiger partial charge in [-0.1, -0.05) is 17.7 Å². The molecular formula is C15H17N3O. The number of nitrogens with one attached hydrogen (secondary N) is 1. The molecule has 98 valence electrons. The van der Waals surface area contributed by atoms with Crippen molar-refractivity contribution >= 4 is 17.3 Å². The highest BCUT2D eigenvalue weighted by molar-refractivity contribution is 5.94. The van der Waals surface area contributed by atoms with Crippen LogP contribution in [0.2, 0.25) is 0 Å². The number of hydrogen-bond donors (Lipinski definition) is 2. The third-order valence-electron chi connectivity index (χ3n) is 2.65. The highest BCUT2D eigenvalue weighted by Gasteiger charge is 1.97. The van der Waals surface area contributed by atoms with Gasteiger partial charge in [-0.3, -0.25) is 0 Å². The van der Waals surface area contributed by atoms with Crippen LogP contribution in [0.1, 0.15) is 5.56 Å². The van der Waals surface area contributed by atoms with Crippen LogP contribution in [0.5, 0.6) is 5.75 Å². The molecule has 2 aromatic carbocycles. The zero-order chi connectivity index (χ0) is 13.7. The molecule has 0 saturated carbocycles. The van der Waals surface area contributed by atoms with Crippen molar-refractivity contribution in [1.82, 2.24) is 0 Å². The quantitative estimate of drug-likeness (QED) is 0.654. The molecule has 0 bridgehead atoms. The van der Waals surface area contributed by atoms with Gasteiger partial charge in [-0.2, -0.15) is 0 Å². The zero-order valence-electron chi connectivity index (χ0n) is 11.1. The molecule has 19 heavy (non-hydrogen) atoms. The Morgan fingerprint density at radius 3 is 2.26 bits per heavy atom. The number of nitrogens with two attached hydrogens (primary N) is 1. The fourth-order valence-corrected chi connectivity index (χ4v) is 1.61. The number of aliphatic imine (C=N–C) groups is 1. The summed E-state index contributed by atoms with van der Waals surface area (Å²) in [7, 11) is 1.63. The Hall–Kier alpha value is -2.49. The number of aryl methyl sites for hydroxylation is 1. The lowest BCUT2D eigenvalue weighted by molar-refractivity contribution is 0.415. The SMILES string of the molecule is COc1ccc(NC(N)=Nc2ccc(C)cc2)cc1. The number of methoxy groups -OCH3 is 1. The van der Waals surface area contributed by atoms with Gasteiger partial charge in [0, 0.05) is 5.69 Å². The van der Waals surface area contributed by atoms with Crippen molar-refractivity contribution in [2.24, 2.45) is 10.7 Å². The van der Waals surface area contributed by atoms with Crippen LogP contribution >= 0.6 is 0 Å². The van der Waals surface area contributed by atoms with Gasteiger partial charge in [0.05, 0.1) is 12.8 Å². The maximum Gasteiger partial charge on any atom is 0.198 e. The second kappa shape index (κ2) is 5.91. The second-order valence-corrected chi connectivity index (χ2v) is 4.19. The summed E-state index contributed by atoms with van der Waals surface area (Å²) in [5.74, 6) is 1.16. The smallest absolute Gasteiger partial charge is 0.198 e. The molecule has 0 aliphatic carbocycles. The van der Waals surface area contributed by atoms with Gasteiger partial charge in [0.2, 0.25) is 0 Å². The number of nitrogens with zero attached hydrogens (tertiary/aromatic N) is 1. The van der Waals surface area contributed by atoms with E-state index in [1.54, 1.807) is 7.11 Å². The summed E-state index contributed by atoms with van der Waals surface area (Å²) in [5.41, 5.74) is 8.74. The average molecular weight is 255 g/mol. The number of rotatable bonds is 3. The first-order valence-electron chi connectivity index (χ1n) is 5.99. The summed E-state index contributed by atoms with van der Waals surface area (Å²) in [6.07, 6.45) is 0. The Morgan fingerprint density at radius 1 is 1.05 bits per heavy atom. The molecule has 0 aliphatic rings. The Bertz CT molecular complexity index is 559. The van der Waals surface area contributed by atoms with Crippen LogP contribution in [0.4, 0.5) is 11.4 Å². The van der Waals surface area contributed by atoms with Crippen molar-refractivity contribution in [3.8, 4) is 5.75 Å². The van der Waals surface area contributed by atoms with Gasteiger partial charge in [-0.25, -0.2) is 4.99 Å². The summed E-state index contributed by atoms with van der Waals surface area (Å²) in [6, 6.07) is 15.4. The maximum atomic E-state index is 5.85. The van der Waals surface area contributed by atoms with E-state index in [1.807, 2.05) is 55.5 Å². The number of hydrogen-bond acceptors (Lipinski definition) is 2. The van der Waals surface area contributed by atoms with Crippen molar-refractivity contribution in [2.45, 2.75) is 6.92 Å². The van der Waals surface area contributed by atoms with Crippen LogP contribution in [-0.2, 0) is 0 Å². The zero-order valence-corrected chi connectivity index (χ0v) is 11.1. The van der Waals surface area contributed by atoms with Crippen molar-refractivity contribution in [1.29, 1.82) is 0 Å². The predicted molar refractivity (Wildman–Crippen MR) is 79.1 cm³/mol. The van der Waals surface area contributed by atoms with E-state index >= 15 is 0 Å². The van der Waals surface area contributed by atoms with Crippen molar-refractivity contribution in [3.63, 3.8) is 0 Å². The summed E-state index contributed by atoms with van der Waals surface area (Å²) in [5, 5.41) is 3.03. The number of anilines is 1. The monoisotopic (exact) mass is 255 g/mol. The van der Waals surface area contributed by atoms with Gasteiger partial charge in [-0.15, -0.1) is 0 Å². The van der Waals surface area contributed by atoms with Crippen LogP contribution in [0.15, 0.2) is 53.5 Å². The molecule has 0 amide bonds. The molecule has 0 saturated heterocycles. The van der Waals surface area contributed by atoms with Gasteiger partial charge < -0.3 is 15.8 Å². The van der Waals surface area contributed by atoms with Crippen molar-refractivity contribution in [3.05, 3.63) is 54.1 Å². The molecular weight excluding hydrogens is 238 g/mol. The van der Waals surface area contributed by atoms with Gasteiger partial charge in [-0.05, 0) is 43.3 Å². The lowest BCUT2D eigenvalue weighted by Gasteiger charge is -2.06. The first kappa shape index (κ1) is 13.0. The molecule has 0 unspecified atom stereocenters. The highest BCUT2D eigenvalue weighted by Crippen LogP contribution is 2.16. The van der Waals surface area contributed by atoms with Gasteiger partial charge in [0.25, 0.3) is 0 Å². The van der Waals surface area contributed by atoms with Gasteiger partial charge in [0.15, 0.2) is 5.96 Å². The van der Waals surface area contributed by atoms with Crippen LogP contribution in [0, 0.1) is 6.92 Å². The van der Waals surface area contributed by atoms with Crippen LogP contribution in [-0.4, -0.2) is 13.1 Å². The summed E-state index contributed by atoms with van der Waals surface area (Å²) in [6.45, 7) is 2.03. The molecule has 4 heteroatoms. The minimum atomic E-state index is 0.356. The molecule has 0 aromatic heterocycles. The molecule has 0 heterocycles. The van der Waals surface area contributed by atoms with Crippen molar-refractivity contribution < 1.29 is 4.74 Å². The van der Waals surface area contributed by atoms with Crippen LogP contribution in [0.25, 0.3) is 0 Å². The minimum Gasteiger partial charge on any atom is -0.497 e. The van der Waals surface area contributed by atoms with E-state index in [-0.39, 0.29) is 0 Å². The molecule has 3 N–H and O–H groups in total. The Kier molecular flexibility index (Phi) is 4.03. The predicted octanol–water partition coefficient (Wildman–Crippen LogP) is 3.06. The summed E-state index contributed by atoms with van der Waals surface area (Å²) in [4.78, 5) is 4.29. The molecule has 0 radical (unpaired) electrons. The fraction of sp³-hybridized carbons (Fsp3) is 0.133. The topological polar surface area (TPSA) is 59.6 Å². The second-order valence-electron chi connectivity index (χ2n) is 4.19. The van der Waals surface area contributed by atoms with Crippen LogP contribution in [0.3, 0.4) is 0 Å². The Labute approximate surface area is 112 Å². The molecule has 2 rings (SSSR count). The van der Waals surface area contributed by atoms with E-state index in [0.29, 0.717) is 5.96 Å². The Morgan fingerprint density at radius 2 is 1.68 bits per heavy atom. The van der Waals surface area contributed by atoms with E-state index < -0.39 is 0 Å². The highest BCUT2D eigenvalue weighted by atomic mass is 16.5. The summed E-state index contributed by atoms with van der Waals surface area (Å²) >= 11 is 0. The fourth-order valence-electron chi connectivity index (χ4n) is 1.61. The Balaban J connectivity index is 2.06. The van der Waals surface area contributed by atoms with Gasteiger partial charge in [0.1, 0.15) is 5.75 Å². The first-order valence-corrected chi connectivity index (χ1v) is 5.99. The summed E-state index contributed by atoms with van der Waals surface area (Å²) < 4.78 is 5.09. The third kappa shape index (κ3) is 3.74. The van der Waals surface area contributed by atoms with Crippen LogP contribution < -0.4 is 15.8 Å². The standard InChI is InChI=1S/C15H17N3O/c1-11-3-5-12(6-4-11)17-15(16)18-13-7-9-14(19-2)10-8-13/h3-10H,1-2H3,(H3,16,17,18). The molecule has 0 atom stereocenters. The van der Waals surface area contributed by atoms with E-state index in [0.717, 1.165) is 17.1 Å². The van der Waals surface area contributed by atoms with Crippen molar-refractivity contribution in [2.75, 3.05) is 12.4 Å².